The van der Waals surface area contributed by atoms with Crippen molar-refractivity contribution in [1.82, 2.24) is 4.57 Å². The molecule has 0 aliphatic rings. The zero-order valence-corrected chi connectivity index (χ0v) is 17.2. The van der Waals surface area contributed by atoms with Gasteiger partial charge in [0, 0.05) is 24.7 Å². The van der Waals surface area contributed by atoms with E-state index >= 15 is 0 Å². The van der Waals surface area contributed by atoms with Gasteiger partial charge in [-0.2, -0.15) is 0 Å². The van der Waals surface area contributed by atoms with E-state index in [4.69, 9.17) is 5.73 Å². The molecule has 1 aromatic carbocycles. The molecule has 148 valence electrons. The van der Waals surface area contributed by atoms with Crippen LogP contribution < -0.4 is 5.73 Å². The number of hydrogen-bond acceptors (Lipinski definition) is 3. The second kappa shape index (κ2) is 9.34. The van der Waals surface area contributed by atoms with Crippen molar-refractivity contribution in [3.05, 3.63) is 58.4 Å². The fourth-order valence-electron chi connectivity index (χ4n) is 3.53. The summed E-state index contributed by atoms with van der Waals surface area (Å²) in [7, 11) is 1.94. The molecular formula is C23H34N2O2. The number of aliphatic hydroxyl groups excluding tert-OH is 1. The molecule has 2 aromatic rings. The third-order valence-electron chi connectivity index (χ3n) is 5.23. The standard InChI is InChI=1S/C23H34N2O2/c1-17-13-18(2)15-19(14-17)7-5-6-8-22(27)21-10-9-20(25(21)4)11-12-23(3,24)16-26/h9-10,13-15,26H,5-8,11-12,16,24H2,1-4H3. The lowest BCUT2D eigenvalue weighted by atomic mass is 9.97. The molecule has 0 bridgehead atoms. The Morgan fingerprint density at radius 1 is 1.11 bits per heavy atom. The van der Waals surface area contributed by atoms with Crippen LogP contribution in [0.4, 0.5) is 0 Å². The fourth-order valence-corrected chi connectivity index (χ4v) is 3.53. The molecule has 2 rings (SSSR count). The number of unbranched alkanes of at least 4 members (excludes halogenated alkanes) is 1. The predicted octanol–water partition coefficient (Wildman–Crippen LogP) is 3.88. The first-order valence-electron chi connectivity index (χ1n) is 9.86. The van der Waals surface area contributed by atoms with Crippen molar-refractivity contribution < 1.29 is 9.90 Å². The van der Waals surface area contributed by atoms with E-state index in [-0.39, 0.29) is 12.4 Å². The van der Waals surface area contributed by atoms with Crippen LogP contribution in [0.5, 0.6) is 0 Å². The average molecular weight is 371 g/mol. The molecular weight excluding hydrogens is 336 g/mol. The number of aliphatic hydroxyl groups is 1. The first-order chi connectivity index (χ1) is 12.7. The Balaban J connectivity index is 1.84. The molecule has 0 fully saturated rings. The predicted molar refractivity (Wildman–Crippen MR) is 111 cm³/mol. The maximum Gasteiger partial charge on any atom is 0.179 e. The normalized spacial score (nSPS) is 13.6. The number of carbonyl (C=O) groups is 1. The first-order valence-corrected chi connectivity index (χ1v) is 9.86. The van der Waals surface area contributed by atoms with Crippen LogP contribution in [0.3, 0.4) is 0 Å². The summed E-state index contributed by atoms with van der Waals surface area (Å²) in [5, 5.41) is 9.28. The van der Waals surface area contributed by atoms with Crippen molar-refractivity contribution in [2.24, 2.45) is 12.8 Å². The maximum absolute atomic E-state index is 12.6. The minimum Gasteiger partial charge on any atom is -0.394 e. The van der Waals surface area contributed by atoms with Crippen LogP contribution in [0.2, 0.25) is 0 Å². The number of rotatable bonds is 10. The van der Waals surface area contributed by atoms with Crippen molar-refractivity contribution in [3.63, 3.8) is 0 Å². The molecule has 3 N–H and O–H groups in total. The van der Waals surface area contributed by atoms with Gasteiger partial charge in [0.2, 0.25) is 0 Å². The van der Waals surface area contributed by atoms with Crippen LogP contribution in [0.25, 0.3) is 0 Å². The van der Waals surface area contributed by atoms with Crippen LogP contribution >= 0.6 is 0 Å². The summed E-state index contributed by atoms with van der Waals surface area (Å²) in [6.45, 7) is 6.06. The second-order valence-corrected chi connectivity index (χ2v) is 8.21. The third-order valence-corrected chi connectivity index (χ3v) is 5.23. The minimum absolute atomic E-state index is 0.0380. The zero-order chi connectivity index (χ0) is 20.0. The fraction of sp³-hybridized carbons (Fsp3) is 0.522. The molecule has 0 spiro atoms. The van der Waals surface area contributed by atoms with Gasteiger partial charge in [0.15, 0.2) is 5.78 Å². The van der Waals surface area contributed by atoms with Crippen LogP contribution in [0, 0.1) is 13.8 Å². The highest BCUT2D eigenvalue weighted by Gasteiger charge is 2.19. The van der Waals surface area contributed by atoms with Gasteiger partial charge in [-0.1, -0.05) is 29.3 Å². The van der Waals surface area contributed by atoms with Gasteiger partial charge < -0.3 is 15.4 Å². The lowest BCUT2D eigenvalue weighted by Crippen LogP contribution is -2.40. The molecule has 27 heavy (non-hydrogen) atoms. The minimum atomic E-state index is -0.581. The number of ketones is 1. The van der Waals surface area contributed by atoms with E-state index in [1.807, 2.05) is 30.7 Å². The van der Waals surface area contributed by atoms with E-state index in [2.05, 4.69) is 32.0 Å². The van der Waals surface area contributed by atoms with Gasteiger partial charge in [-0.15, -0.1) is 0 Å². The van der Waals surface area contributed by atoms with Gasteiger partial charge in [-0.05, 0) is 70.6 Å². The van der Waals surface area contributed by atoms with Crippen molar-refractivity contribution >= 4 is 5.78 Å². The Hall–Kier alpha value is -1.91. The molecule has 4 nitrogen and oxygen atoms in total. The smallest absolute Gasteiger partial charge is 0.179 e. The highest BCUT2D eigenvalue weighted by Crippen LogP contribution is 2.17. The van der Waals surface area contributed by atoms with Crippen molar-refractivity contribution in [2.45, 2.75) is 64.8 Å². The van der Waals surface area contributed by atoms with Gasteiger partial charge in [0.05, 0.1) is 12.3 Å². The summed E-state index contributed by atoms with van der Waals surface area (Å²) in [5.74, 6) is 0.196. The van der Waals surface area contributed by atoms with E-state index in [9.17, 15) is 9.90 Å². The van der Waals surface area contributed by atoms with Gasteiger partial charge in [0.25, 0.3) is 0 Å². The number of nitrogens with two attached hydrogens (primary N) is 1. The zero-order valence-electron chi connectivity index (χ0n) is 17.2. The van der Waals surface area contributed by atoms with E-state index in [1.54, 1.807) is 0 Å². The molecule has 0 aliphatic heterocycles. The van der Waals surface area contributed by atoms with Crippen molar-refractivity contribution in [1.29, 1.82) is 0 Å². The van der Waals surface area contributed by atoms with Gasteiger partial charge in [-0.25, -0.2) is 0 Å². The highest BCUT2D eigenvalue weighted by atomic mass is 16.3. The summed E-state index contributed by atoms with van der Waals surface area (Å²) in [4.78, 5) is 12.6. The number of aromatic nitrogens is 1. The molecule has 0 saturated heterocycles. The molecule has 0 saturated carbocycles. The number of carbonyl (C=O) groups excluding carboxylic acids is 1. The molecule has 1 atom stereocenters. The summed E-state index contributed by atoms with van der Waals surface area (Å²) in [6.07, 6.45) is 4.96. The van der Waals surface area contributed by atoms with Gasteiger partial charge in [-0.3, -0.25) is 4.79 Å². The van der Waals surface area contributed by atoms with Crippen LogP contribution in [-0.2, 0) is 19.9 Å². The van der Waals surface area contributed by atoms with Gasteiger partial charge in [0.1, 0.15) is 0 Å². The Bertz CT molecular complexity index is 754. The van der Waals surface area contributed by atoms with Crippen LogP contribution in [0.1, 0.15) is 65.5 Å². The average Bonchev–Trinajstić information content (AvgIpc) is 2.97. The molecule has 0 radical (unpaired) electrons. The molecule has 1 aromatic heterocycles. The molecule has 0 amide bonds. The maximum atomic E-state index is 12.6. The van der Waals surface area contributed by atoms with E-state index < -0.39 is 5.54 Å². The summed E-state index contributed by atoms with van der Waals surface area (Å²) in [5.41, 5.74) is 11.2. The lowest BCUT2D eigenvalue weighted by molar-refractivity contribution is 0.0971. The summed E-state index contributed by atoms with van der Waals surface area (Å²) >= 11 is 0. The quantitative estimate of drug-likeness (QED) is 0.493. The molecule has 4 heteroatoms. The van der Waals surface area contributed by atoms with E-state index in [0.717, 1.165) is 37.1 Å². The summed E-state index contributed by atoms with van der Waals surface area (Å²) in [6, 6.07) is 10.6. The SMILES string of the molecule is Cc1cc(C)cc(CCCCC(=O)c2ccc(CCC(C)(N)CO)n2C)c1. The Kier molecular flexibility index (Phi) is 7.40. The van der Waals surface area contributed by atoms with Crippen molar-refractivity contribution in [2.75, 3.05) is 6.61 Å². The molecule has 1 unspecified atom stereocenters. The Morgan fingerprint density at radius 2 is 1.78 bits per heavy atom. The van der Waals surface area contributed by atoms with Gasteiger partial charge >= 0.3 is 0 Å². The molecule has 1 heterocycles. The monoisotopic (exact) mass is 370 g/mol. The van der Waals surface area contributed by atoms with E-state index in [1.165, 1.54) is 16.7 Å². The third kappa shape index (κ3) is 6.33. The molecule has 0 aliphatic carbocycles. The lowest BCUT2D eigenvalue weighted by Gasteiger charge is -2.21. The number of hydrogen-bond donors (Lipinski definition) is 2. The Labute approximate surface area is 163 Å². The highest BCUT2D eigenvalue weighted by molar-refractivity contribution is 5.94. The van der Waals surface area contributed by atoms with Crippen molar-refractivity contribution in [3.8, 4) is 0 Å². The topological polar surface area (TPSA) is 68.2 Å². The number of aryl methyl sites for hydroxylation is 4. The number of nitrogens with zero attached hydrogens (tertiary/aromatic N) is 1. The van der Waals surface area contributed by atoms with Crippen LogP contribution in [0.15, 0.2) is 30.3 Å². The Morgan fingerprint density at radius 3 is 2.41 bits per heavy atom. The first kappa shape index (κ1) is 21.4. The number of benzene rings is 1. The number of Topliss-reactive ketones (excluding diaryl/α,β-unsaturated/α-hetero) is 1. The largest absolute Gasteiger partial charge is 0.394 e. The summed E-state index contributed by atoms with van der Waals surface area (Å²) < 4.78 is 1.97. The van der Waals surface area contributed by atoms with Crippen LogP contribution in [-0.4, -0.2) is 27.6 Å². The van der Waals surface area contributed by atoms with E-state index in [0.29, 0.717) is 12.8 Å². The second-order valence-electron chi connectivity index (χ2n) is 8.21.